The van der Waals surface area contributed by atoms with Gasteiger partial charge in [-0.2, -0.15) is 0 Å². The second-order valence-corrected chi connectivity index (χ2v) is 6.51. The molecule has 2 rings (SSSR count). The van der Waals surface area contributed by atoms with E-state index in [0.29, 0.717) is 0 Å². The number of hydrogen-bond acceptors (Lipinski definition) is 2. The molecule has 1 aromatic carbocycles. The highest BCUT2D eigenvalue weighted by molar-refractivity contribution is 9.10. The smallest absolute Gasteiger partial charge is 0.237 e. The molecule has 4 heteroatoms. The standard InChI is InChI=1S/C15H21BrN2O/c1-12(16)15(19)17-14-7-5-13(6-8-14)11-18-9-3-2-4-10-18/h5-8,12H,2-4,9-11H2,1H3,(H,17,19). The first-order valence-corrected chi connectivity index (χ1v) is 7.83. The third kappa shape index (κ3) is 4.62. The minimum Gasteiger partial charge on any atom is -0.325 e. The molecule has 1 saturated heterocycles. The van der Waals surface area contributed by atoms with Crippen LogP contribution in [0.1, 0.15) is 31.7 Å². The first-order valence-electron chi connectivity index (χ1n) is 6.91. The van der Waals surface area contributed by atoms with Crippen molar-refractivity contribution in [2.24, 2.45) is 0 Å². The van der Waals surface area contributed by atoms with Gasteiger partial charge in [0.15, 0.2) is 0 Å². The molecule has 0 bridgehead atoms. The molecule has 1 amide bonds. The Morgan fingerprint density at radius 3 is 2.47 bits per heavy atom. The molecule has 1 N–H and O–H groups in total. The number of halogens is 1. The molecule has 1 aliphatic heterocycles. The van der Waals surface area contributed by atoms with Crippen LogP contribution in [-0.4, -0.2) is 28.7 Å². The lowest BCUT2D eigenvalue weighted by molar-refractivity contribution is -0.115. The second-order valence-electron chi connectivity index (χ2n) is 5.14. The number of carbonyl (C=O) groups is 1. The molecule has 104 valence electrons. The number of nitrogens with one attached hydrogen (secondary N) is 1. The van der Waals surface area contributed by atoms with Crippen molar-refractivity contribution >= 4 is 27.5 Å². The van der Waals surface area contributed by atoms with Gasteiger partial charge < -0.3 is 5.32 Å². The Morgan fingerprint density at radius 1 is 1.26 bits per heavy atom. The zero-order valence-corrected chi connectivity index (χ0v) is 12.9. The number of hydrogen-bond donors (Lipinski definition) is 1. The van der Waals surface area contributed by atoms with Crippen molar-refractivity contribution in [2.45, 2.75) is 37.6 Å². The van der Waals surface area contributed by atoms with Gasteiger partial charge in [-0.15, -0.1) is 0 Å². The summed E-state index contributed by atoms with van der Waals surface area (Å²) in [5.74, 6) is -0.0104. The monoisotopic (exact) mass is 324 g/mol. The summed E-state index contributed by atoms with van der Waals surface area (Å²) in [6.07, 6.45) is 4.00. The number of rotatable bonds is 4. The molecular formula is C15H21BrN2O. The van der Waals surface area contributed by atoms with Gasteiger partial charge in [0, 0.05) is 12.2 Å². The maximum Gasteiger partial charge on any atom is 0.237 e. The molecule has 1 fully saturated rings. The van der Waals surface area contributed by atoms with Gasteiger partial charge in [0.1, 0.15) is 0 Å². The van der Waals surface area contributed by atoms with Gasteiger partial charge in [-0.25, -0.2) is 0 Å². The fourth-order valence-electron chi connectivity index (χ4n) is 2.31. The summed E-state index contributed by atoms with van der Waals surface area (Å²) in [6.45, 7) is 5.25. The predicted octanol–water partition coefficient (Wildman–Crippen LogP) is 3.39. The summed E-state index contributed by atoms with van der Waals surface area (Å²) in [7, 11) is 0. The Bertz CT molecular complexity index is 411. The van der Waals surface area contributed by atoms with E-state index >= 15 is 0 Å². The highest BCUT2D eigenvalue weighted by Crippen LogP contribution is 2.15. The fraction of sp³-hybridized carbons (Fsp3) is 0.533. The van der Waals surface area contributed by atoms with Crippen molar-refractivity contribution in [2.75, 3.05) is 18.4 Å². The van der Waals surface area contributed by atoms with E-state index in [4.69, 9.17) is 0 Å². The van der Waals surface area contributed by atoms with Crippen molar-refractivity contribution in [3.8, 4) is 0 Å². The number of anilines is 1. The minimum atomic E-state index is -0.166. The summed E-state index contributed by atoms with van der Waals surface area (Å²) >= 11 is 3.26. The van der Waals surface area contributed by atoms with Crippen LogP contribution in [0.4, 0.5) is 5.69 Å². The largest absolute Gasteiger partial charge is 0.325 e. The number of likely N-dealkylation sites (tertiary alicyclic amines) is 1. The molecule has 0 aliphatic carbocycles. The molecule has 1 atom stereocenters. The number of carbonyl (C=O) groups excluding carboxylic acids is 1. The molecule has 0 radical (unpaired) electrons. The van der Waals surface area contributed by atoms with Crippen LogP contribution in [0.15, 0.2) is 24.3 Å². The Labute approximate surface area is 123 Å². The van der Waals surface area contributed by atoms with Crippen LogP contribution < -0.4 is 5.32 Å². The van der Waals surface area contributed by atoms with E-state index in [2.05, 4.69) is 38.3 Å². The van der Waals surface area contributed by atoms with Gasteiger partial charge in [-0.1, -0.05) is 34.5 Å². The summed E-state index contributed by atoms with van der Waals surface area (Å²) in [5, 5.41) is 2.87. The maximum atomic E-state index is 11.5. The molecule has 1 heterocycles. The highest BCUT2D eigenvalue weighted by Gasteiger charge is 2.11. The molecule has 1 unspecified atom stereocenters. The molecule has 0 saturated carbocycles. The predicted molar refractivity (Wildman–Crippen MR) is 82.6 cm³/mol. The van der Waals surface area contributed by atoms with Gasteiger partial charge in [0.2, 0.25) is 5.91 Å². The van der Waals surface area contributed by atoms with Crippen molar-refractivity contribution in [1.82, 2.24) is 4.90 Å². The van der Waals surface area contributed by atoms with Crippen molar-refractivity contribution in [3.05, 3.63) is 29.8 Å². The first kappa shape index (κ1) is 14.5. The summed E-state index contributed by atoms with van der Waals surface area (Å²) in [4.78, 5) is 13.9. The Kier molecular flexibility index (Phi) is 5.40. The minimum absolute atomic E-state index is 0.0104. The SMILES string of the molecule is CC(Br)C(=O)Nc1ccc(CN2CCCCC2)cc1. The first-order chi connectivity index (χ1) is 9.15. The Balaban J connectivity index is 1.88. The molecule has 1 aromatic rings. The van der Waals surface area contributed by atoms with Crippen molar-refractivity contribution in [1.29, 1.82) is 0 Å². The molecule has 3 nitrogen and oxygen atoms in total. The van der Waals surface area contributed by atoms with Crippen LogP contribution in [0.2, 0.25) is 0 Å². The van der Waals surface area contributed by atoms with E-state index in [1.54, 1.807) is 0 Å². The number of amides is 1. The third-order valence-electron chi connectivity index (χ3n) is 3.44. The number of benzene rings is 1. The normalized spacial score (nSPS) is 18.0. The van der Waals surface area contributed by atoms with E-state index in [-0.39, 0.29) is 10.7 Å². The van der Waals surface area contributed by atoms with Crippen LogP contribution in [0.25, 0.3) is 0 Å². The second kappa shape index (κ2) is 7.06. The zero-order chi connectivity index (χ0) is 13.7. The van der Waals surface area contributed by atoms with Gasteiger partial charge in [-0.3, -0.25) is 9.69 Å². The van der Waals surface area contributed by atoms with Gasteiger partial charge in [0.05, 0.1) is 4.83 Å². The number of piperidine rings is 1. The molecular weight excluding hydrogens is 304 g/mol. The lowest BCUT2D eigenvalue weighted by Crippen LogP contribution is -2.29. The van der Waals surface area contributed by atoms with Gasteiger partial charge in [-0.05, 0) is 50.6 Å². The number of alkyl halides is 1. The summed E-state index contributed by atoms with van der Waals surface area (Å²) in [6, 6.07) is 8.16. The quantitative estimate of drug-likeness (QED) is 0.861. The van der Waals surface area contributed by atoms with E-state index < -0.39 is 0 Å². The Hall–Kier alpha value is -0.870. The summed E-state index contributed by atoms with van der Waals surface area (Å²) in [5.41, 5.74) is 2.17. The molecule has 0 aromatic heterocycles. The van der Waals surface area contributed by atoms with E-state index in [9.17, 15) is 4.79 Å². The van der Waals surface area contributed by atoms with E-state index in [1.807, 2.05) is 19.1 Å². The average Bonchev–Trinajstić information content (AvgIpc) is 2.42. The third-order valence-corrected chi connectivity index (χ3v) is 3.85. The number of nitrogens with zero attached hydrogens (tertiary/aromatic N) is 1. The Morgan fingerprint density at radius 2 is 1.89 bits per heavy atom. The van der Waals surface area contributed by atoms with Crippen molar-refractivity contribution in [3.63, 3.8) is 0 Å². The van der Waals surface area contributed by atoms with E-state index in [1.165, 1.54) is 37.9 Å². The van der Waals surface area contributed by atoms with Crippen LogP contribution in [0, 0.1) is 0 Å². The molecule has 0 spiro atoms. The summed E-state index contributed by atoms with van der Waals surface area (Å²) < 4.78 is 0. The maximum absolute atomic E-state index is 11.5. The molecule has 19 heavy (non-hydrogen) atoms. The van der Waals surface area contributed by atoms with E-state index in [0.717, 1.165) is 12.2 Å². The lowest BCUT2D eigenvalue weighted by atomic mass is 10.1. The van der Waals surface area contributed by atoms with Crippen molar-refractivity contribution < 1.29 is 4.79 Å². The average molecular weight is 325 g/mol. The fourth-order valence-corrected chi connectivity index (χ4v) is 2.43. The van der Waals surface area contributed by atoms with Crippen LogP contribution in [0.5, 0.6) is 0 Å². The van der Waals surface area contributed by atoms with Gasteiger partial charge >= 0.3 is 0 Å². The lowest BCUT2D eigenvalue weighted by Gasteiger charge is -2.26. The van der Waals surface area contributed by atoms with Crippen LogP contribution >= 0.6 is 15.9 Å². The molecule has 1 aliphatic rings. The topological polar surface area (TPSA) is 32.3 Å². The van der Waals surface area contributed by atoms with Crippen LogP contribution in [0.3, 0.4) is 0 Å². The highest BCUT2D eigenvalue weighted by atomic mass is 79.9. The van der Waals surface area contributed by atoms with Gasteiger partial charge in [0.25, 0.3) is 0 Å². The zero-order valence-electron chi connectivity index (χ0n) is 11.4. The van der Waals surface area contributed by atoms with Crippen LogP contribution in [-0.2, 0) is 11.3 Å².